The molecule has 0 radical (unpaired) electrons. The summed E-state index contributed by atoms with van der Waals surface area (Å²) in [5, 5.41) is 3.97. The maximum absolute atomic E-state index is 12.6. The van der Waals surface area contributed by atoms with Crippen LogP contribution in [-0.2, 0) is 22.1 Å². The number of urea groups is 1. The van der Waals surface area contributed by atoms with E-state index in [4.69, 9.17) is 0 Å². The van der Waals surface area contributed by atoms with E-state index < -0.39 is 9.84 Å². The zero-order valence-electron chi connectivity index (χ0n) is 15.4. The van der Waals surface area contributed by atoms with Crippen LogP contribution in [-0.4, -0.2) is 37.1 Å². The van der Waals surface area contributed by atoms with Gasteiger partial charge in [-0.1, -0.05) is 18.2 Å². The number of carbonyl (C=O) groups is 1. The topological polar surface area (TPSA) is 82.3 Å². The Kier molecular flexibility index (Phi) is 5.51. The molecule has 0 unspecified atom stereocenters. The molecule has 3 aromatic rings. The Labute approximate surface area is 159 Å². The molecule has 142 valence electrons. The minimum atomic E-state index is -3.12. The second-order valence-corrected chi connectivity index (χ2v) is 8.75. The van der Waals surface area contributed by atoms with Crippen LogP contribution in [0.3, 0.4) is 0 Å². The first kappa shape index (κ1) is 19.0. The smallest absolute Gasteiger partial charge is 0.322 e. The lowest BCUT2D eigenvalue weighted by Gasteiger charge is -2.22. The van der Waals surface area contributed by atoms with E-state index in [1.165, 1.54) is 6.26 Å². The number of rotatable bonds is 6. The highest BCUT2D eigenvalue weighted by molar-refractivity contribution is 7.89. The summed E-state index contributed by atoms with van der Waals surface area (Å²) in [6.45, 7) is 2.97. The number of fused-ring (bicyclic) bond motifs is 1. The highest BCUT2D eigenvalue weighted by Crippen LogP contribution is 2.17. The number of hydrogen-bond donors (Lipinski definition) is 2. The van der Waals surface area contributed by atoms with Gasteiger partial charge in [0, 0.05) is 36.7 Å². The van der Waals surface area contributed by atoms with Crippen molar-refractivity contribution in [3.8, 4) is 0 Å². The maximum atomic E-state index is 12.6. The zero-order chi connectivity index (χ0) is 19.4. The van der Waals surface area contributed by atoms with Crippen molar-refractivity contribution < 1.29 is 13.2 Å². The van der Waals surface area contributed by atoms with Gasteiger partial charge in [0.05, 0.1) is 5.75 Å². The van der Waals surface area contributed by atoms with Crippen LogP contribution in [0.2, 0.25) is 0 Å². The molecule has 0 bridgehead atoms. The summed E-state index contributed by atoms with van der Waals surface area (Å²) in [6, 6.07) is 14.8. The van der Waals surface area contributed by atoms with Crippen molar-refractivity contribution in [1.82, 2.24) is 9.88 Å². The standard InChI is InChI=1S/C20H23N3O3S/c1-3-23(13-15-7-8-19-17(11-15)9-10-21-19)20(24)22-18-6-4-5-16(12-18)14-27(2,25)26/h4-12,21H,3,13-14H2,1-2H3,(H,22,24). The Morgan fingerprint density at radius 1 is 1.11 bits per heavy atom. The third-order valence-electron chi connectivity index (χ3n) is 4.27. The predicted molar refractivity (Wildman–Crippen MR) is 108 cm³/mol. The Morgan fingerprint density at radius 3 is 2.67 bits per heavy atom. The van der Waals surface area contributed by atoms with E-state index in [0.29, 0.717) is 24.3 Å². The molecular formula is C20H23N3O3S. The molecule has 1 aromatic heterocycles. The summed E-state index contributed by atoms with van der Waals surface area (Å²) in [7, 11) is -3.12. The van der Waals surface area contributed by atoms with Crippen LogP contribution in [0, 0.1) is 0 Å². The van der Waals surface area contributed by atoms with Gasteiger partial charge in [0.2, 0.25) is 0 Å². The number of amides is 2. The van der Waals surface area contributed by atoms with E-state index in [0.717, 1.165) is 16.5 Å². The van der Waals surface area contributed by atoms with Gasteiger partial charge in [0.1, 0.15) is 0 Å². The highest BCUT2D eigenvalue weighted by atomic mass is 32.2. The van der Waals surface area contributed by atoms with Crippen molar-refractivity contribution in [3.05, 3.63) is 65.9 Å². The largest absolute Gasteiger partial charge is 0.361 e. The Bertz CT molecular complexity index is 1060. The molecule has 0 aliphatic carbocycles. The van der Waals surface area contributed by atoms with Crippen LogP contribution in [0.1, 0.15) is 18.1 Å². The number of carbonyl (C=O) groups excluding carboxylic acids is 1. The number of aromatic nitrogens is 1. The van der Waals surface area contributed by atoms with Gasteiger partial charge in [-0.25, -0.2) is 13.2 Å². The lowest BCUT2D eigenvalue weighted by molar-refractivity contribution is 0.212. The maximum Gasteiger partial charge on any atom is 0.322 e. The first-order valence-corrected chi connectivity index (χ1v) is 10.8. The number of anilines is 1. The fourth-order valence-electron chi connectivity index (χ4n) is 2.99. The Morgan fingerprint density at radius 2 is 1.93 bits per heavy atom. The summed E-state index contributed by atoms with van der Waals surface area (Å²) in [4.78, 5) is 17.5. The van der Waals surface area contributed by atoms with Crippen molar-refractivity contribution in [3.63, 3.8) is 0 Å². The molecule has 0 aliphatic rings. The van der Waals surface area contributed by atoms with E-state index in [1.807, 2.05) is 31.3 Å². The lowest BCUT2D eigenvalue weighted by atomic mass is 10.1. The normalized spacial score (nSPS) is 11.5. The molecule has 0 saturated carbocycles. The molecule has 27 heavy (non-hydrogen) atoms. The molecule has 2 N–H and O–H groups in total. The van der Waals surface area contributed by atoms with Crippen molar-refractivity contribution >= 4 is 32.5 Å². The number of nitrogens with one attached hydrogen (secondary N) is 2. The second-order valence-electron chi connectivity index (χ2n) is 6.61. The number of aromatic amines is 1. The molecule has 0 fully saturated rings. The van der Waals surface area contributed by atoms with Gasteiger partial charge in [-0.05, 0) is 53.8 Å². The third kappa shape index (κ3) is 5.10. The van der Waals surface area contributed by atoms with Crippen LogP contribution in [0.5, 0.6) is 0 Å². The van der Waals surface area contributed by atoms with Crippen LogP contribution in [0.4, 0.5) is 10.5 Å². The van der Waals surface area contributed by atoms with E-state index in [-0.39, 0.29) is 11.8 Å². The van der Waals surface area contributed by atoms with Gasteiger partial charge in [0.25, 0.3) is 0 Å². The molecule has 2 amide bonds. The van der Waals surface area contributed by atoms with Crippen molar-refractivity contribution in [1.29, 1.82) is 0 Å². The average molecular weight is 385 g/mol. The summed E-state index contributed by atoms with van der Waals surface area (Å²) < 4.78 is 22.9. The molecule has 3 rings (SSSR count). The molecule has 1 heterocycles. The van der Waals surface area contributed by atoms with Crippen molar-refractivity contribution in [2.45, 2.75) is 19.2 Å². The van der Waals surface area contributed by atoms with Gasteiger partial charge >= 0.3 is 6.03 Å². The lowest BCUT2D eigenvalue weighted by Crippen LogP contribution is -2.34. The quantitative estimate of drug-likeness (QED) is 0.678. The number of hydrogen-bond acceptors (Lipinski definition) is 3. The first-order chi connectivity index (χ1) is 12.8. The van der Waals surface area contributed by atoms with Gasteiger partial charge in [-0.15, -0.1) is 0 Å². The van der Waals surface area contributed by atoms with Gasteiger partial charge in [0.15, 0.2) is 9.84 Å². The van der Waals surface area contributed by atoms with Crippen molar-refractivity contribution in [2.24, 2.45) is 0 Å². The van der Waals surface area contributed by atoms with Crippen LogP contribution in [0.15, 0.2) is 54.7 Å². The highest BCUT2D eigenvalue weighted by Gasteiger charge is 2.13. The molecule has 0 spiro atoms. The Hall–Kier alpha value is -2.80. The van der Waals surface area contributed by atoms with E-state index >= 15 is 0 Å². The van der Waals surface area contributed by atoms with E-state index in [1.54, 1.807) is 29.2 Å². The van der Waals surface area contributed by atoms with Gasteiger partial charge in [-0.3, -0.25) is 0 Å². The monoisotopic (exact) mass is 385 g/mol. The van der Waals surface area contributed by atoms with Gasteiger partial charge in [-0.2, -0.15) is 0 Å². The molecule has 6 nitrogen and oxygen atoms in total. The number of H-pyrrole nitrogens is 1. The van der Waals surface area contributed by atoms with E-state index in [2.05, 4.69) is 16.4 Å². The van der Waals surface area contributed by atoms with Crippen LogP contribution < -0.4 is 5.32 Å². The molecular weight excluding hydrogens is 362 g/mol. The fraction of sp³-hybridized carbons (Fsp3) is 0.250. The number of nitrogens with zero attached hydrogens (tertiary/aromatic N) is 1. The summed E-state index contributed by atoms with van der Waals surface area (Å²) in [6.07, 6.45) is 3.08. The van der Waals surface area contributed by atoms with Crippen molar-refractivity contribution in [2.75, 3.05) is 18.1 Å². The molecule has 2 aromatic carbocycles. The third-order valence-corrected chi connectivity index (χ3v) is 5.12. The van der Waals surface area contributed by atoms with Crippen LogP contribution in [0.25, 0.3) is 10.9 Å². The average Bonchev–Trinajstić information content (AvgIpc) is 3.06. The molecule has 0 saturated heterocycles. The van der Waals surface area contributed by atoms with Gasteiger partial charge < -0.3 is 15.2 Å². The number of benzene rings is 2. The first-order valence-electron chi connectivity index (χ1n) is 8.72. The fourth-order valence-corrected chi connectivity index (χ4v) is 3.78. The molecule has 0 aliphatic heterocycles. The minimum absolute atomic E-state index is 0.0507. The number of sulfone groups is 1. The predicted octanol–water partition coefficient (Wildman–Crippen LogP) is 3.77. The second kappa shape index (κ2) is 7.84. The summed E-state index contributed by atoms with van der Waals surface area (Å²) >= 11 is 0. The molecule has 7 heteroatoms. The summed E-state index contributed by atoms with van der Waals surface area (Å²) in [5.41, 5.74) is 3.34. The van der Waals surface area contributed by atoms with Crippen LogP contribution >= 0.6 is 0 Å². The van der Waals surface area contributed by atoms with E-state index in [9.17, 15) is 13.2 Å². The summed E-state index contributed by atoms with van der Waals surface area (Å²) in [5.74, 6) is -0.0507. The Balaban J connectivity index is 1.70. The minimum Gasteiger partial charge on any atom is -0.361 e. The zero-order valence-corrected chi connectivity index (χ0v) is 16.2. The molecule has 0 atom stereocenters. The SMILES string of the molecule is CCN(Cc1ccc2[nH]ccc2c1)C(=O)Nc1cccc(CS(C)(=O)=O)c1.